The number of hydrogen-bond acceptors (Lipinski definition) is 5. The number of allylic oxidation sites excluding steroid dienone is 5. The maximum Gasteiger partial charge on any atom is 0.166 e. The molecule has 0 saturated heterocycles. The fourth-order valence-corrected chi connectivity index (χ4v) is 5.02. The van der Waals surface area contributed by atoms with E-state index in [0.717, 1.165) is 5.57 Å². The van der Waals surface area contributed by atoms with Crippen LogP contribution in [0, 0.1) is 10.8 Å². The molecule has 2 aliphatic rings. The molecule has 29 heavy (non-hydrogen) atoms. The first-order valence-corrected chi connectivity index (χ1v) is 9.62. The highest BCUT2D eigenvalue weighted by Crippen LogP contribution is 2.64. The largest absolute Gasteiger partial charge is 0.508 e. The minimum absolute atomic E-state index is 0.00623. The number of Topliss-reactive ketones (excluding diaryl/α,β-unsaturated/α-hetero) is 2. The number of ether oxygens (including phenoxy) is 2. The van der Waals surface area contributed by atoms with Crippen molar-refractivity contribution in [3.8, 4) is 17.2 Å². The van der Waals surface area contributed by atoms with Gasteiger partial charge in [-0.2, -0.15) is 0 Å². The molecule has 1 N–H and O–H groups in total. The number of hydrogen-bond donors (Lipinski definition) is 1. The molecule has 0 radical (unpaired) electrons. The number of benzene rings is 1. The molecule has 0 amide bonds. The summed E-state index contributed by atoms with van der Waals surface area (Å²) in [5, 5.41) is 10.1. The van der Waals surface area contributed by atoms with Crippen molar-refractivity contribution in [3.63, 3.8) is 0 Å². The highest BCUT2D eigenvalue weighted by atomic mass is 16.5. The molecule has 3 atom stereocenters. The molecule has 5 heteroatoms. The van der Waals surface area contributed by atoms with E-state index in [0.29, 0.717) is 34.6 Å². The molecule has 3 unspecified atom stereocenters. The second kappa shape index (κ2) is 6.90. The van der Waals surface area contributed by atoms with Crippen LogP contribution in [0.15, 0.2) is 47.6 Å². The Kier molecular flexibility index (Phi) is 4.98. The predicted octanol–water partition coefficient (Wildman–Crippen LogP) is 4.51. The van der Waals surface area contributed by atoms with Gasteiger partial charge < -0.3 is 14.6 Å². The monoisotopic (exact) mass is 396 g/mol. The summed E-state index contributed by atoms with van der Waals surface area (Å²) in [7, 11) is 3.00. The Hall–Kier alpha value is -2.82. The van der Waals surface area contributed by atoms with Crippen molar-refractivity contribution in [2.45, 2.75) is 40.0 Å². The predicted molar refractivity (Wildman–Crippen MR) is 111 cm³/mol. The Labute approximate surface area is 171 Å². The molecule has 154 valence electrons. The molecule has 3 rings (SSSR count). The van der Waals surface area contributed by atoms with Gasteiger partial charge in [-0.25, -0.2) is 0 Å². The first-order valence-electron chi connectivity index (χ1n) is 9.62. The molecule has 1 aromatic carbocycles. The van der Waals surface area contributed by atoms with Crippen molar-refractivity contribution < 1.29 is 24.2 Å². The van der Waals surface area contributed by atoms with Crippen LogP contribution in [0.1, 0.15) is 45.6 Å². The summed E-state index contributed by atoms with van der Waals surface area (Å²) in [6.45, 7) is 11.1. The van der Waals surface area contributed by atoms with Gasteiger partial charge in [0.2, 0.25) is 0 Å². The maximum absolute atomic E-state index is 13.8. The van der Waals surface area contributed by atoms with Crippen LogP contribution >= 0.6 is 0 Å². The molecule has 2 aliphatic carbocycles. The lowest BCUT2D eigenvalue weighted by molar-refractivity contribution is -0.147. The molecule has 0 saturated carbocycles. The average molecular weight is 396 g/mol. The lowest BCUT2D eigenvalue weighted by Gasteiger charge is -2.54. The van der Waals surface area contributed by atoms with Gasteiger partial charge in [0.25, 0.3) is 0 Å². The van der Waals surface area contributed by atoms with Crippen LogP contribution in [0.3, 0.4) is 0 Å². The van der Waals surface area contributed by atoms with E-state index >= 15 is 0 Å². The van der Waals surface area contributed by atoms with Crippen LogP contribution in [0.25, 0.3) is 0 Å². The number of phenols is 1. The molecule has 5 nitrogen and oxygen atoms in total. The molecular weight excluding hydrogens is 368 g/mol. The number of phenolic OH excluding ortho intramolecular Hbond substituents is 1. The molecular formula is C24H28O5. The fourth-order valence-electron chi connectivity index (χ4n) is 5.02. The average Bonchev–Trinajstić information content (AvgIpc) is 2.71. The number of rotatable bonds is 4. The molecule has 1 aromatic rings. The topological polar surface area (TPSA) is 72.8 Å². The maximum atomic E-state index is 13.8. The van der Waals surface area contributed by atoms with Crippen molar-refractivity contribution >= 4 is 11.6 Å². The molecule has 0 spiro atoms. The van der Waals surface area contributed by atoms with Gasteiger partial charge in [0.05, 0.1) is 19.6 Å². The van der Waals surface area contributed by atoms with Crippen molar-refractivity contribution in [1.82, 2.24) is 0 Å². The third-order valence-corrected chi connectivity index (χ3v) is 7.07. The van der Waals surface area contributed by atoms with E-state index in [4.69, 9.17) is 9.47 Å². The molecule has 0 aliphatic heterocycles. The van der Waals surface area contributed by atoms with E-state index in [9.17, 15) is 14.7 Å². The van der Waals surface area contributed by atoms with E-state index in [1.165, 1.54) is 26.4 Å². The second-order valence-electron chi connectivity index (χ2n) is 8.25. The minimum atomic E-state index is -1.07. The van der Waals surface area contributed by atoms with Crippen molar-refractivity contribution in [2.75, 3.05) is 14.2 Å². The number of methoxy groups -OCH3 is 2. The highest BCUT2D eigenvalue weighted by molar-refractivity contribution is 6.17. The molecule has 0 bridgehead atoms. The van der Waals surface area contributed by atoms with E-state index in [1.807, 2.05) is 19.9 Å². The number of aromatic hydroxyl groups is 1. The van der Waals surface area contributed by atoms with Crippen molar-refractivity contribution in [2.24, 2.45) is 10.8 Å². The molecule has 0 fully saturated rings. The summed E-state index contributed by atoms with van der Waals surface area (Å²) in [5.74, 6) is 0.186. The molecule has 0 heterocycles. The minimum Gasteiger partial charge on any atom is -0.508 e. The van der Waals surface area contributed by atoms with E-state index < -0.39 is 16.7 Å². The summed E-state index contributed by atoms with van der Waals surface area (Å²) >= 11 is 0. The standard InChI is InChI=1S/C24H28O5/c1-8-15-9-10-23(4)21(26)13(2)14(3)22(27)24(23,5)20(15)19-17(28-6)11-16(25)12-18(19)29-7/h8-9,11-12,20,25H,1,10H2,2-7H3. The van der Waals surface area contributed by atoms with E-state index in [1.54, 1.807) is 19.9 Å². The van der Waals surface area contributed by atoms with Crippen LogP contribution in [0.4, 0.5) is 0 Å². The zero-order valence-electron chi connectivity index (χ0n) is 17.9. The number of carbonyl (C=O) groups excluding carboxylic acids is 2. The Morgan fingerprint density at radius 3 is 2.07 bits per heavy atom. The third kappa shape index (κ3) is 2.60. The number of carbonyl (C=O) groups is 2. The van der Waals surface area contributed by atoms with Gasteiger partial charge in [0, 0.05) is 29.0 Å². The van der Waals surface area contributed by atoms with Crippen LogP contribution in [-0.4, -0.2) is 30.9 Å². The van der Waals surface area contributed by atoms with Gasteiger partial charge in [0.15, 0.2) is 11.6 Å². The first-order chi connectivity index (χ1) is 13.6. The Balaban J connectivity index is 2.44. The van der Waals surface area contributed by atoms with Gasteiger partial charge in [-0.05, 0) is 37.0 Å². The summed E-state index contributed by atoms with van der Waals surface area (Å²) in [6.07, 6.45) is 4.14. The quantitative estimate of drug-likeness (QED) is 0.811. The smallest absolute Gasteiger partial charge is 0.166 e. The zero-order chi connectivity index (χ0) is 21.7. The van der Waals surface area contributed by atoms with Crippen molar-refractivity contribution in [3.05, 3.63) is 53.1 Å². The normalized spacial score (nSPS) is 29.3. The summed E-state index contributed by atoms with van der Waals surface area (Å²) in [6, 6.07) is 2.99. The zero-order valence-corrected chi connectivity index (χ0v) is 17.9. The van der Waals surface area contributed by atoms with Crippen LogP contribution < -0.4 is 9.47 Å². The highest BCUT2D eigenvalue weighted by Gasteiger charge is 2.63. The van der Waals surface area contributed by atoms with Gasteiger partial charge >= 0.3 is 0 Å². The lowest BCUT2D eigenvalue weighted by Crippen LogP contribution is -2.57. The first kappa shape index (κ1) is 20.9. The SMILES string of the molecule is C=CC1=CCC2(C)C(=O)C(C)=C(C)C(=O)C2(C)C1c1c(OC)cc(O)cc1OC. The third-order valence-electron chi connectivity index (χ3n) is 7.07. The Morgan fingerprint density at radius 1 is 1.07 bits per heavy atom. The summed E-state index contributed by atoms with van der Waals surface area (Å²) in [4.78, 5) is 27.2. The van der Waals surface area contributed by atoms with Crippen LogP contribution in [0.2, 0.25) is 0 Å². The van der Waals surface area contributed by atoms with Gasteiger partial charge in [0.1, 0.15) is 17.2 Å². The summed E-state index contributed by atoms with van der Waals surface area (Å²) < 4.78 is 11.1. The Morgan fingerprint density at radius 2 is 1.59 bits per heavy atom. The number of fused-ring (bicyclic) bond motifs is 1. The number of ketones is 2. The second-order valence-corrected chi connectivity index (χ2v) is 8.25. The fraction of sp³-hybridized carbons (Fsp3) is 0.417. The lowest BCUT2D eigenvalue weighted by atomic mass is 9.45. The van der Waals surface area contributed by atoms with Gasteiger partial charge in [-0.1, -0.05) is 32.6 Å². The van der Waals surface area contributed by atoms with Crippen LogP contribution in [-0.2, 0) is 9.59 Å². The summed E-state index contributed by atoms with van der Waals surface area (Å²) in [5.41, 5.74) is 0.486. The van der Waals surface area contributed by atoms with Gasteiger partial charge in [-0.3, -0.25) is 9.59 Å². The van der Waals surface area contributed by atoms with Crippen LogP contribution in [0.5, 0.6) is 17.2 Å². The van der Waals surface area contributed by atoms with Gasteiger partial charge in [-0.15, -0.1) is 0 Å². The molecule has 0 aromatic heterocycles. The Bertz CT molecular complexity index is 958. The van der Waals surface area contributed by atoms with E-state index in [-0.39, 0.29) is 17.3 Å². The van der Waals surface area contributed by atoms with Crippen molar-refractivity contribution in [1.29, 1.82) is 0 Å². The van der Waals surface area contributed by atoms with E-state index in [2.05, 4.69) is 6.58 Å².